The number of aryl methyl sites for hydroxylation is 1. The van der Waals surface area contributed by atoms with Crippen molar-refractivity contribution >= 4 is 11.3 Å². The summed E-state index contributed by atoms with van der Waals surface area (Å²) in [5.74, 6) is 0.582. The van der Waals surface area contributed by atoms with Crippen LogP contribution < -0.4 is 0 Å². The molecule has 5 nitrogen and oxygen atoms in total. The van der Waals surface area contributed by atoms with E-state index < -0.39 is 0 Å². The summed E-state index contributed by atoms with van der Waals surface area (Å²) in [7, 11) is 0. The molecule has 0 unspecified atom stereocenters. The molecule has 0 radical (unpaired) electrons. The van der Waals surface area contributed by atoms with Crippen molar-refractivity contribution < 1.29 is 0 Å². The van der Waals surface area contributed by atoms with E-state index in [1.54, 1.807) is 11.3 Å². The van der Waals surface area contributed by atoms with Crippen LogP contribution in [0.25, 0.3) is 10.7 Å². The Bertz CT molecular complexity index is 478. The summed E-state index contributed by atoms with van der Waals surface area (Å²) >= 11 is 1.61. The smallest absolute Gasteiger partial charge is 0.196 e. The van der Waals surface area contributed by atoms with Gasteiger partial charge in [0.1, 0.15) is 6.54 Å². The third kappa shape index (κ3) is 1.63. The monoisotopic (exact) mass is 205 g/mol. The highest BCUT2D eigenvalue weighted by Crippen LogP contribution is 2.23. The Kier molecular flexibility index (Phi) is 2.24. The molecular formula is C8H7N5S. The predicted molar refractivity (Wildman–Crippen MR) is 51.5 cm³/mol. The van der Waals surface area contributed by atoms with Crippen LogP contribution in [0.1, 0.15) is 4.88 Å². The van der Waals surface area contributed by atoms with E-state index in [4.69, 9.17) is 5.26 Å². The van der Waals surface area contributed by atoms with Crippen LogP contribution in [0.15, 0.2) is 12.1 Å². The molecule has 6 heteroatoms. The lowest BCUT2D eigenvalue weighted by Crippen LogP contribution is -1.99. The Morgan fingerprint density at radius 3 is 3.07 bits per heavy atom. The van der Waals surface area contributed by atoms with Gasteiger partial charge in [0.25, 0.3) is 0 Å². The maximum Gasteiger partial charge on any atom is 0.214 e. The molecule has 0 aliphatic carbocycles. The van der Waals surface area contributed by atoms with Gasteiger partial charge in [0, 0.05) is 4.88 Å². The third-order valence-electron chi connectivity index (χ3n) is 1.63. The number of nitrogens with zero attached hydrogens (tertiary/aromatic N) is 5. The molecule has 0 spiro atoms. The molecule has 2 heterocycles. The summed E-state index contributed by atoms with van der Waals surface area (Å²) in [6.07, 6.45) is 0. The van der Waals surface area contributed by atoms with Crippen LogP contribution >= 0.6 is 11.3 Å². The van der Waals surface area contributed by atoms with E-state index in [1.165, 1.54) is 9.67 Å². The minimum atomic E-state index is 0.136. The van der Waals surface area contributed by atoms with Crippen molar-refractivity contribution in [2.24, 2.45) is 0 Å². The van der Waals surface area contributed by atoms with Crippen LogP contribution in [0.3, 0.4) is 0 Å². The number of tetrazole rings is 1. The van der Waals surface area contributed by atoms with Crippen molar-refractivity contribution in [2.75, 3.05) is 0 Å². The van der Waals surface area contributed by atoms with Gasteiger partial charge in [-0.2, -0.15) is 5.26 Å². The standard InChI is InChI=1S/C8H7N5S/c1-6-2-3-7(14-6)8-10-12-13(11-8)5-4-9/h2-3H,5H2,1H3. The second-order valence-corrected chi connectivity index (χ2v) is 4.00. The maximum absolute atomic E-state index is 8.43. The Morgan fingerprint density at radius 2 is 2.43 bits per heavy atom. The quantitative estimate of drug-likeness (QED) is 0.739. The van der Waals surface area contributed by atoms with Gasteiger partial charge in [-0.1, -0.05) is 0 Å². The maximum atomic E-state index is 8.43. The largest absolute Gasteiger partial charge is 0.214 e. The predicted octanol–water partition coefficient (Wildman–Crippen LogP) is 1.23. The van der Waals surface area contributed by atoms with Crippen LogP contribution in [0.5, 0.6) is 0 Å². The van der Waals surface area contributed by atoms with Crippen LogP contribution in [-0.2, 0) is 6.54 Å². The van der Waals surface area contributed by atoms with Gasteiger partial charge in [0.2, 0.25) is 5.82 Å². The minimum absolute atomic E-state index is 0.136. The first kappa shape index (κ1) is 8.84. The molecule has 0 N–H and O–H groups in total. The molecule has 2 rings (SSSR count). The van der Waals surface area contributed by atoms with Gasteiger partial charge in [0.15, 0.2) is 0 Å². The number of rotatable bonds is 2. The molecule has 14 heavy (non-hydrogen) atoms. The van der Waals surface area contributed by atoms with Crippen molar-refractivity contribution in [1.82, 2.24) is 20.2 Å². The van der Waals surface area contributed by atoms with Crippen molar-refractivity contribution in [3.63, 3.8) is 0 Å². The van der Waals surface area contributed by atoms with Gasteiger partial charge in [-0.15, -0.1) is 26.3 Å². The molecule has 0 saturated heterocycles. The van der Waals surface area contributed by atoms with Crippen LogP contribution in [0, 0.1) is 18.3 Å². The molecule has 0 saturated carbocycles. The molecule has 0 aliphatic heterocycles. The number of hydrogen-bond acceptors (Lipinski definition) is 5. The molecule has 0 aliphatic rings. The first-order valence-corrected chi connectivity index (χ1v) is 4.83. The van der Waals surface area contributed by atoms with E-state index in [1.807, 2.05) is 25.1 Å². The van der Waals surface area contributed by atoms with Gasteiger partial charge < -0.3 is 0 Å². The first-order chi connectivity index (χ1) is 6.79. The number of hydrogen-bond donors (Lipinski definition) is 0. The summed E-state index contributed by atoms with van der Waals surface area (Å²) in [5.41, 5.74) is 0. The van der Waals surface area contributed by atoms with Crippen LogP contribution in [-0.4, -0.2) is 20.2 Å². The summed E-state index contributed by atoms with van der Waals surface area (Å²) in [5, 5.41) is 20.1. The van der Waals surface area contributed by atoms with Crippen molar-refractivity contribution in [3.05, 3.63) is 17.0 Å². The van der Waals surface area contributed by atoms with Crippen molar-refractivity contribution in [1.29, 1.82) is 5.26 Å². The van der Waals surface area contributed by atoms with E-state index in [0.29, 0.717) is 5.82 Å². The first-order valence-electron chi connectivity index (χ1n) is 4.01. The second kappa shape index (κ2) is 3.55. The highest BCUT2D eigenvalue weighted by atomic mass is 32.1. The van der Waals surface area contributed by atoms with E-state index in [0.717, 1.165) is 4.88 Å². The summed E-state index contributed by atoms with van der Waals surface area (Å²) < 4.78 is 0. The van der Waals surface area contributed by atoms with E-state index in [-0.39, 0.29) is 6.54 Å². The third-order valence-corrected chi connectivity index (χ3v) is 2.62. The van der Waals surface area contributed by atoms with Crippen molar-refractivity contribution in [2.45, 2.75) is 13.5 Å². The second-order valence-electron chi connectivity index (χ2n) is 2.71. The minimum Gasteiger partial charge on any atom is -0.196 e. The molecule has 2 aromatic heterocycles. The van der Waals surface area contributed by atoms with Gasteiger partial charge in [-0.3, -0.25) is 0 Å². The van der Waals surface area contributed by atoms with Crippen LogP contribution in [0.4, 0.5) is 0 Å². The summed E-state index contributed by atoms with van der Waals surface area (Å²) in [4.78, 5) is 3.47. The fourth-order valence-corrected chi connectivity index (χ4v) is 1.82. The van der Waals surface area contributed by atoms with Gasteiger partial charge in [-0.25, -0.2) is 0 Å². The number of aromatic nitrogens is 4. The Balaban J connectivity index is 2.30. The lowest BCUT2D eigenvalue weighted by Gasteiger charge is -1.85. The fraction of sp³-hybridized carbons (Fsp3) is 0.250. The summed E-state index contributed by atoms with van der Waals surface area (Å²) in [6, 6.07) is 5.91. The molecule has 0 amide bonds. The zero-order valence-electron chi connectivity index (χ0n) is 7.51. The molecule has 0 aromatic carbocycles. The number of nitriles is 1. The highest BCUT2D eigenvalue weighted by molar-refractivity contribution is 7.15. The summed E-state index contributed by atoms with van der Waals surface area (Å²) in [6.45, 7) is 2.16. The topological polar surface area (TPSA) is 67.4 Å². The van der Waals surface area contributed by atoms with E-state index >= 15 is 0 Å². The average Bonchev–Trinajstić information content (AvgIpc) is 2.74. The zero-order chi connectivity index (χ0) is 9.97. The Labute approximate surface area is 84.6 Å². The molecule has 0 atom stereocenters. The molecule has 2 aromatic rings. The SMILES string of the molecule is Cc1ccc(-c2nnn(CC#N)n2)s1. The average molecular weight is 205 g/mol. The molecule has 70 valence electrons. The zero-order valence-corrected chi connectivity index (χ0v) is 8.32. The van der Waals surface area contributed by atoms with Crippen molar-refractivity contribution in [3.8, 4) is 16.8 Å². The van der Waals surface area contributed by atoms with Gasteiger partial charge in [0.05, 0.1) is 10.9 Å². The van der Waals surface area contributed by atoms with E-state index in [9.17, 15) is 0 Å². The Morgan fingerprint density at radius 1 is 1.57 bits per heavy atom. The van der Waals surface area contributed by atoms with Gasteiger partial charge >= 0.3 is 0 Å². The lowest BCUT2D eigenvalue weighted by atomic mass is 10.4. The molecule has 0 bridgehead atoms. The molecular weight excluding hydrogens is 198 g/mol. The van der Waals surface area contributed by atoms with Gasteiger partial charge in [-0.05, 0) is 24.3 Å². The Hall–Kier alpha value is -1.74. The number of thiophene rings is 1. The van der Waals surface area contributed by atoms with E-state index in [2.05, 4.69) is 15.4 Å². The normalized spacial score (nSPS) is 10.0. The fourth-order valence-electron chi connectivity index (χ4n) is 1.03. The van der Waals surface area contributed by atoms with Crippen LogP contribution in [0.2, 0.25) is 0 Å². The lowest BCUT2D eigenvalue weighted by molar-refractivity contribution is 0.589. The molecule has 0 fully saturated rings. The highest BCUT2D eigenvalue weighted by Gasteiger charge is 2.06.